The highest BCUT2D eigenvalue weighted by atomic mass is 127. The molecule has 0 radical (unpaired) electrons. The van der Waals surface area contributed by atoms with Crippen LogP contribution in [0.5, 0.6) is 5.88 Å². The SMILES string of the molecule is COCC(C)NC(N)=NCCOc1ncccc1C(F)(F)F.I. The summed E-state index contributed by atoms with van der Waals surface area (Å²) in [5.41, 5.74) is 4.70. The molecule has 0 aliphatic rings. The van der Waals surface area contributed by atoms with Gasteiger partial charge in [-0.25, -0.2) is 9.98 Å². The van der Waals surface area contributed by atoms with E-state index in [1.807, 2.05) is 6.92 Å². The molecule has 0 bridgehead atoms. The van der Waals surface area contributed by atoms with Gasteiger partial charge in [0.15, 0.2) is 5.96 Å². The number of nitrogens with zero attached hydrogens (tertiary/aromatic N) is 2. The van der Waals surface area contributed by atoms with E-state index >= 15 is 0 Å². The summed E-state index contributed by atoms with van der Waals surface area (Å²) in [6, 6.07) is 2.09. The van der Waals surface area contributed by atoms with Crippen molar-refractivity contribution in [1.82, 2.24) is 10.3 Å². The number of alkyl halides is 3. The second-order valence-electron chi connectivity index (χ2n) is 4.47. The molecular formula is C13H20F3IN4O2. The van der Waals surface area contributed by atoms with Crippen molar-refractivity contribution in [3.8, 4) is 5.88 Å². The molecule has 0 saturated carbocycles. The zero-order valence-electron chi connectivity index (χ0n) is 12.8. The number of rotatable bonds is 7. The maximum atomic E-state index is 12.7. The van der Waals surface area contributed by atoms with Crippen LogP contribution in [0.25, 0.3) is 0 Å². The molecule has 10 heteroatoms. The van der Waals surface area contributed by atoms with Crippen LogP contribution in [0.1, 0.15) is 12.5 Å². The highest BCUT2D eigenvalue weighted by molar-refractivity contribution is 14.0. The third-order valence-corrected chi connectivity index (χ3v) is 2.50. The average molecular weight is 448 g/mol. The third kappa shape index (κ3) is 8.21. The topological polar surface area (TPSA) is 81.8 Å². The molecule has 0 aliphatic carbocycles. The summed E-state index contributed by atoms with van der Waals surface area (Å²) in [5, 5.41) is 2.87. The normalized spacial score (nSPS) is 13.2. The van der Waals surface area contributed by atoms with E-state index in [0.29, 0.717) is 6.61 Å². The van der Waals surface area contributed by atoms with E-state index in [2.05, 4.69) is 15.3 Å². The van der Waals surface area contributed by atoms with Crippen LogP contribution >= 0.6 is 24.0 Å². The molecule has 23 heavy (non-hydrogen) atoms. The number of aromatic nitrogens is 1. The predicted molar refractivity (Wildman–Crippen MR) is 91.1 cm³/mol. The fourth-order valence-corrected chi connectivity index (χ4v) is 1.62. The molecule has 0 spiro atoms. The molecule has 0 fully saturated rings. The van der Waals surface area contributed by atoms with Gasteiger partial charge >= 0.3 is 6.18 Å². The molecular weight excluding hydrogens is 428 g/mol. The molecule has 0 saturated heterocycles. The molecule has 1 rings (SSSR count). The fraction of sp³-hybridized carbons (Fsp3) is 0.538. The molecule has 1 aromatic heterocycles. The highest BCUT2D eigenvalue weighted by Gasteiger charge is 2.34. The number of halogens is 4. The number of ether oxygens (including phenoxy) is 2. The van der Waals surface area contributed by atoms with Gasteiger partial charge < -0.3 is 20.5 Å². The average Bonchev–Trinajstić information content (AvgIpc) is 2.43. The van der Waals surface area contributed by atoms with Gasteiger partial charge in [-0.15, -0.1) is 24.0 Å². The number of aliphatic imine (C=N–C) groups is 1. The number of nitrogens with two attached hydrogens (primary N) is 1. The minimum absolute atomic E-state index is 0. The number of pyridine rings is 1. The highest BCUT2D eigenvalue weighted by Crippen LogP contribution is 2.34. The van der Waals surface area contributed by atoms with Crippen LogP contribution in [0.4, 0.5) is 13.2 Å². The van der Waals surface area contributed by atoms with Crippen LogP contribution in [-0.4, -0.2) is 43.9 Å². The van der Waals surface area contributed by atoms with Gasteiger partial charge in [-0.1, -0.05) is 0 Å². The lowest BCUT2D eigenvalue weighted by Crippen LogP contribution is -2.40. The molecule has 0 aromatic carbocycles. The van der Waals surface area contributed by atoms with Crippen LogP contribution in [0.2, 0.25) is 0 Å². The number of hydrogen-bond acceptors (Lipinski definition) is 4. The van der Waals surface area contributed by atoms with Gasteiger partial charge in [0.1, 0.15) is 12.2 Å². The lowest BCUT2D eigenvalue weighted by Gasteiger charge is -2.13. The summed E-state index contributed by atoms with van der Waals surface area (Å²) in [6.45, 7) is 2.34. The second kappa shape index (κ2) is 10.5. The summed E-state index contributed by atoms with van der Waals surface area (Å²) in [6.07, 6.45) is -3.28. The Bertz CT molecular complexity index is 500. The van der Waals surface area contributed by atoms with Crippen molar-refractivity contribution in [2.45, 2.75) is 19.1 Å². The van der Waals surface area contributed by atoms with E-state index in [-0.39, 0.29) is 49.1 Å². The number of nitrogens with one attached hydrogen (secondary N) is 1. The van der Waals surface area contributed by atoms with Crippen LogP contribution in [0.3, 0.4) is 0 Å². The number of hydrogen-bond donors (Lipinski definition) is 2. The van der Waals surface area contributed by atoms with Crippen molar-refractivity contribution in [3.05, 3.63) is 23.9 Å². The quantitative estimate of drug-likeness (QED) is 0.289. The molecule has 1 atom stereocenters. The zero-order valence-corrected chi connectivity index (χ0v) is 15.1. The van der Waals surface area contributed by atoms with E-state index in [1.165, 1.54) is 12.3 Å². The Morgan fingerprint density at radius 1 is 1.48 bits per heavy atom. The van der Waals surface area contributed by atoms with E-state index in [4.69, 9.17) is 15.2 Å². The Morgan fingerprint density at radius 2 is 2.17 bits per heavy atom. The fourth-order valence-electron chi connectivity index (χ4n) is 1.62. The summed E-state index contributed by atoms with van der Waals surface area (Å²) >= 11 is 0. The molecule has 1 unspecified atom stereocenters. The van der Waals surface area contributed by atoms with Crippen molar-refractivity contribution >= 4 is 29.9 Å². The molecule has 0 amide bonds. The smallest absolute Gasteiger partial charge is 0.421 e. The second-order valence-corrected chi connectivity index (χ2v) is 4.47. The Kier molecular flexibility index (Phi) is 9.88. The minimum atomic E-state index is -4.51. The Morgan fingerprint density at radius 3 is 2.78 bits per heavy atom. The van der Waals surface area contributed by atoms with Crippen molar-refractivity contribution < 1.29 is 22.6 Å². The number of guanidine groups is 1. The Labute approximate surface area is 149 Å². The lowest BCUT2D eigenvalue weighted by atomic mass is 10.2. The summed E-state index contributed by atoms with van der Waals surface area (Å²) in [5.74, 6) is -0.297. The van der Waals surface area contributed by atoms with E-state index < -0.39 is 17.6 Å². The summed E-state index contributed by atoms with van der Waals surface area (Å²) < 4.78 is 48.1. The molecule has 3 N–H and O–H groups in total. The Balaban J connectivity index is 0.00000484. The molecule has 132 valence electrons. The van der Waals surface area contributed by atoms with Gasteiger partial charge in [-0.05, 0) is 19.1 Å². The van der Waals surface area contributed by atoms with Crippen LogP contribution in [0.15, 0.2) is 23.3 Å². The summed E-state index contributed by atoms with van der Waals surface area (Å²) in [4.78, 5) is 7.53. The van der Waals surface area contributed by atoms with Crippen molar-refractivity contribution in [2.75, 3.05) is 26.9 Å². The largest absolute Gasteiger partial charge is 0.475 e. The lowest BCUT2D eigenvalue weighted by molar-refractivity contribution is -0.139. The first-order valence-electron chi connectivity index (χ1n) is 6.55. The molecule has 0 aliphatic heterocycles. The summed E-state index contributed by atoms with van der Waals surface area (Å²) in [7, 11) is 1.56. The number of methoxy groups -OCH3 is 1. The molecule has 1 aromatic rings. The van der Waals surface area contributed by atoms with Gasteiger partial charge in [0, 0.05) is 19.3 Å². The van der Waals surface area contributed by atoms with Crippen LogP contribution in [-0.2, 0) is 10.9 Å². The minimum Gasteiger partial charge on any atom is -0.475 e. The zero-order chi connectivity index (χ0) is 16.6. The van der Waals surface area contributed by atoms with Crippen molar-refractivity contribution in [3.63, 3.8) is 0 Å². The van der Waals surface area contributed by atoms with Gasteiger partial charge in [0.25, 0.3) is 0 Å². The predicted octanol–water partition coefficient (Wildman–Crippen LogP) is 2.04. The first-order chi connectivity index (χ1) is 10.3. The van der Waals surface area contributed by atoms with Gasteiger partial charge in [0.05, 0.1) is 13.2 Å². The Hall–Kier alpha value is -1.30. The monoisotopic (exact) mass is 448 g/mol. The van der Waals surface area contributed by atoms with E-state index in [0.717, 1.165) is 6.07 Å². The van der Waals surface area contributed by atoms with Crippen LogP contribution < -0.4 is 15.8 Å². The van der Waals surface area contributed by atoms with E-state index in [9.17, 15) is 13.2 Å². The third-order valence-electron chi connectivity index (χ3n) is 2.50. The van der Waals surface area contributed by atoms with Gasteiger partial charge in [-0.3, -0.25) is 0 Å². The van der Waals surface area contributed by atoms with Gasteiger partial charge in [0.2, 0.25) is 5.88 Å². The van der Waals surface area contributed by atoms with Crippen molar-refractivity contribution in [2.24, 2.45) is 10.7 Å². The standard InChI is InChI=1S/C13H19F3N4O2.HI/c1-9(8-21-2)20-12(17)19-6-7-22-11-10(13(14,15)16)4-3-5-18-11;/h3-5,9H,6-8H2,1-2H3,(H3,17,19,20);1H. The maximum absolute atomic E-state index is 12.7. The van der Waals surface area contributed by atoms with Crippen LogP contribution in [0, 0.1) is 0 Å². The maximum Gasteiger partial charge on any atom is 0.421 e. The van der Waals surface area contributed by atoms with Gasteiger partial charge in [-0.2, -0.15) is 13.2 Å². The first-order valence-corrected chi connectivity index (χ1v) is 6.55. The first kappa shape index (κ1) is 21.7. The molecule has 6 nitrogen and oxygen atoms in total. The van der Waals surface area contributed by atoms with Crippen molar-refractivity contribution in [1.29, 1.82) is 0 Å². The van der Waals surface area contributed by atoms with E-state index in [1.54, 1.807) is 7.11 Å². The molecule has 1 heterocycles.